The molecule has 1 saturated carbocycles. The standard InChI is InChI=1S/C28H37N3O3/c1-19(2)28(12-8-23(17-28)29-22-10-14-34-15-11-22)27(33)31-13-9-24-21(18-31)16-25(30-26(24)32)20-6-4-3-5-7-20/h3-7,16,19,22-23,29H,8-15,17-18H2,1-2H3,(H,30,32)/t23-,28+/m0/s1. The van der Waals surface area contributed by atoms with Crippen LogP contribution in [0.3, 0.4) is 0 Å². The maximum atomic E-state index is 14.0. The summed E-state index contributed by atoms with van der Waals surface area (Å²) in [6.45, 7) is 7.19. The summed E-state index contributed by atoms with van der Waals surface area (Å²) in [5.74, 6) is 0.549. The Hall–Kier alpha value is -2.44. The van der Waals surface area contributed by atoms with Crippen LogP contribution < -0.4 is 10.9 Å². The van der Waals surface area contributed by atoms with E-state index in [0.29, 0.717) is 31.6 Å². The van der Waals surface area contributed by atoms with Crippen molar-refractivity contribution >= 4 is 5.91 Å². The molecule has 1 aromatic carbocycles. The number of hydrogen-bond donors (Lipinski definition) is 2. The number of aromatic amines is 1. The minimum absolute atomic E-state index is 0.0244. The van der Waals surface area contributed by atoms with Gasteiger partial charge in [0.1, 0.15) is 0 Å². The van der Waals surface area contributed by atoms with Gasteiger partial charge in [0, 0.05) is 49.6 Å². The number of amides is 1. The third kappa shape index (κ3) is 4.46. The van der Waals surface area contributed by atoms with Crippen molar-refractivity contribution < 1.29 is 9.53 Å². The number of pyridine rings is 1. The highest BCUT2D eigenvalue weighted by atomic mass is 16.5. The first kappa shape index (κ1) is 23.3. The Morgan fingerprint density at radius 1 is 1.15 bits per heavy atom. The summed E-state index contributed by atoms with van der Waals surface area (Å²) in [6.07, 6.45) is 5.60. The van der Waals surface area contributed by atoms with Gasteiger partial charge in [0.2, 0.25) is 5.91 Å². The molecule has 3 heterocycles. The lowest BCUT2D eigenvalue weighted by atomic mass is 9.73. The molecule has 2 aromatic rings. The smallest absolute Gasteiger partial charge is 0.252 e. The zero-order chi connectivity index (χ0) is 23.7. The molecular weight excluding hydrogens is 426 g/mol. The Morgan fingerprint density at radius 3 is 2.65 bits per heavy atom. The van der Waals surface area contributed by atoms with Crippen molar-refractivity contribution in [2.24, 2.45) is 11.3 Å². The summed E-state index contributed by atoms with van der Waals surface area (Å²) in [7, 11) is 0. The number of carbonyl (C=O) groups is 1. The molecule has 6 nitrogen and oxygen atoms in total. The maximum Gasteiger partial charge on any atom is 0.252 e. The van der Waals surface area contributed by atoms with Crippen LogP contribution in [-0.2, 0) is 22.5 Å². The average Bonchev–Trinajstić information content (AvgIpc) is 3.29. The highest BCUT2D eigenvalue weighted by molar-refractivity contribution is 5.84. The van der Waals surface area contributed by atoms with Gasteiger partial charge in [-0.05, 0) is 61.6 Å². The lowest BCUT2D eigenvalue weighted by molar-refractivity contribution is -0.145. The molecule has 182 valence electrons. The van der Waals surface area contributed by atoms with Crippen LogP contribution in [0.4, 0.5) is 0 Å². The van der Waals surface area contributed by atoms with Gasteiger partial charge < -0.3 is 19.9 Å². The van der Waals surface area contributed by atoms with Crippen molar-refractivity contribution in [3.05, 3.63) is 57.9 Å². The van der Waals surface area contributed by atoms with E-state index in [1.807, 2.05) is 35.2 Å². The molecule has 1 amide bonds. The Kier molecular flexibility index (Phi) is 6.63. The van der Waals surface area contributed by atoms with Crippen molar-refractivity contribution in [3.8, 4) is 11.3 Å². The van der Waals surface area contributed by atoms with Gasteiger partial charge in [-0.1, -0.05) is 44.2 Å². The van der Waals surface area contributed by atoms with E-state index < -0.39 is 0 Å². The second-order valence-electron chi connectivity index (χ2n) is 10.7. The van der Waals surface area contributed by atoms with E-state index in [-0.39, 0.29) is 22.8 Å². The first-order chi connectivity index (χ1) is 16.5. The summed E-state index contributed by atoms with van der Waals surface area (Å²) < 4.78 is 5.51. The third-order valence-corrected chi connectivity index (χ3v) is 8.37. The Bertz CT molecular complexity index is 1070. The number of aromatic nitrogens is 1. The van der Waals surface area contributed by atoms with Gasteiger partial charge in [0.05, 0.1) is 5.41 Å². The van der Waals surface area contributed by atoms with E-state index in [2.05, 4.69) is 30.2 Å². The molecule has 2 fully saturated rings. The van der Waals surface area contributed by atoms with Crippen molar-refractivity contribution in [2.45, 2.75) is 71.0 Å². The first-order valence-electron chi connectivity index (χ1n) is 12.9. The Labute approximate surface area is 202 Å². The molecule has 0 radical (unpaired) electrons. The molecule has 2 aliphatic heterocycles. The second kappa shape index (κ2) is 9.67. The molecular formula is C28H37N3O3. The fraction of sp³-hybridized carbons (Fsp3) is 0.571. The molecule has 1 saturated heterocycles. The summed E-state index contributed by atoms with van der Waals surface area (Å²) in [6, 6.07) is 12.9. The number of fused-ring (bicyclic) bond motifs is 1. The van der Waals surface area contributed by atoms with Gasteiger partial charge >= 0.3 is 0 Å². The summed E-state index contributed by atoms with van der Waals surface area (Å²) >= 11 is 0. The predicted molar refractivity (Wildman–Crippen MR) is 134 cm³/mol. The highest BCUT2D eigenvalue weighted by Gasteiger charge is 2.49. The van der Waals surface area contributed by atoms with Crippen molar-refractivity contribution in [1.29, 1.82) is 0 Å². The van der Waals surface area contributed by atoms with Crippen LogP contribution in [-0.4, -0.2) is 47.6 Å². The number of nitrogens with one attached hydrogen (secondary N) is 2. The van der Waals surface area contributed by atoms with Crippen LogP contribution in [0.1, 0.15) is 57.1 Å². The maximum absolute atomic E-state index is 14.0. The average molecular weight is 464 g/mol. The van der Waals surface area contributed by atoms with Crippen LogP contribution >= 0.6 is 0 Å². The van der Waals surface area contributed by atoms with Crippen LogP contribution in [0.15, 0.2) is 41.2 Å². The van der Waals surface area contributed by atoms with Crippen LogP contribution in [0.5, 0.6) is 0 Å². The molecule has 5 rings (SSSR count). The lowest BCUT2D eigenvalue weighted by Gasteiger charge is -2.40. The fourth-order valence-electron chi connectivity index (χ4n) is 6.23. The molecule has 34 heavy (non-hydrogen) atoms. The molecule has 1 aromatic heterocycles. The zero-order valence-electron chi connectivity index (χ0n) is 20.4. The van der Waals surface area contributed by atoms with Crippen LogP contribution in [0.25, 0.3) is 11.3 Å². The van der Waals surface area contributed by atoms with E-state index in [1.165, 1.54) is 0 Å². The quantitative estimate of drug-likeness (QED) is 0.706. The van der Waals surface area contributed by atoms with Crippen molar-refractivity contribution in [1.82, 2.24) is 15.2 Å². The molecule has 1 aliphatic carbocycles. The first-order valence-corrected chi connectivity index (χ1v) is 12.9. The van der Waals surface area contributed by atoms with Crippen LogP contribution in [0, 0.1) is 11.3 Å². The van der Waals surface area contributed by atoms with Gasteiger partial charge in [-0.2, -0.15) is 0 Å². The number of benzene rings is 1. The molecule has 2 atom stereocenters. The zero-order valence-corrected chi connectivity index (χ0v) is 20.4. The number of H-pyrrole nitrogens is 1. The number of ether oxygens (including phenoxy) is 1. The van der Waals surface area contributed by atoms with E-state index in [1.54, 1.807) is 0 Å². The van der Waals surface area contributed by atoms with Gasteiger partial charge in [-0.15, -0.1) is 0 Å². The molecule has 2 N–H and O–H groups in total. The minimum atomic E-state index is -0.330. The third-order valence-electron chi connectivity index (χ3n) is 8.37. The monoisotopic (exact) mass is 463 g/mol. The van der Waals surface area contributed by atoms with Gasteiger partial charge in [-0.3, -0.25) is 9.59 Å². The fourth-order valence-corrected chi connectivity index (χ4v) is 6.23. The Morgan fingerprint density at radius 2 is 1.91 bits per heavy atom. The van der Waals surface area contributed by atoms with Gasteiger partial charge in [0.25, 0.3) is 5.56 Å². The van der Waals surface area contributed by atoms with E-state index in [4.69, 9.17) is 4.74 Å². The summed E-state index contributed by atoms with van der Waals surface area (Å²) in [5, 5.41) is 3.84. The predicted octanol–water partition coefficient (Wildman–Crippen LogP) is 3.89. The largest absolute Gasteiger partial charge is 0.381 e. The topological polar surface area (TPSA) is 74.4 Å². The number of hydrogen-bond acceptors (Lipinski definition) is 4. The normalized spacial score (nSPS) is 25.5. The van der Waals surface area contributed by atoms with Gasteiger partial charge in [-0.25, -0.2) is 0 Å². The molecule has 0 spiro atoms. The Balaban J connectivity index is 1.34. The summed E-state index contributed by atoms with van der Waals surface area (Å²) in [4.78, 5) is 31.9. The van der Waals surface area contributed by atoms with Crippen molar-refractivity contribution in [3.63, 3.8) is 0 Å². The molecule has 0 unspecified atom stereocenters. The molecule has 0 bridgehead atoms. The van der Waals surface area contributed by atoms with Crippen molar-refractivity contribution in [2.75, 3.05) is 19.8 Å². The van der Waals surface area contributed by atoms with Crippen LogP contribution in [0.2, 0.25) is 0 Å². The molecule has 6 heteroatoms. The SMILES string of the molecule is CC(C)[C@@]1(C(=O)N2CCc3c(cc(-c4ccccc4)[nH]c3=O)C2)CC[C@H](NC2CCOCC2)C1. The van der Waals surface area contributed by atoms with E-state index >= 15 is 0 Å². The number of carbonyl (C=O) groups excluding carboxylic acids is 1. The lowest BCUT2D eigenvalue weighted by Crippen LogP contribution is -2.49. The summed E-state index contributed by atoms with van der Waals surface area (Å²) in [5.41, 5.74) is 3.26. The van der Waals surface area contributed by atoms with E-state index in [0.717, 1.165) is 67.7 Å². The minimum Gasteiger partial charge on any atom is -0.381 e. The van der Waals surface area contributed by atoms with Gasteiger partial charge in [0.15, 0.2) is 0 Å². The second-order valence-corrected chi connectivity index (χ2v) is 10.7. The number of rotatable bonds is 5. The van der Waals surface area contributed by atoms with E-state index in [9.17, 15) is 9.59 Å². The molecule has 3 aliphatic rings. The highest BCUT2D eigenvalue weighted by Crippen LogP contribution is 2.46. The number of nitrogens with zero attached hydrogens (tertiary/aromatic N) is 1.